The molecule has 0 spiro atoms. The molecule has 1 atom stereocenters. The van der Waals surface area contributed by atoms with Gasteiger partial charge < -0.3 is 9.64 Å². The zero-order valence-corrected chi connectivity index (χ0v) is 12.5. The van der Waals surface area contributed by atoms with E-state index in [2.05, 4.69) is 13.0 Å². The maximum Gasteiger partial charge on any atom is 0.146 e. The van der Waals surface area contributed by atoms with Gasteiger partial charge in [0.2, 0.25) is 0 Å². The number of halogens is 1. The van der Waals surface area contributed by atoms with Crippen LogP contribution in [0.25, 0.3) is 0 Å². The zero-order chi connectivity index (χ0) is 14.8. The van der Waals surface area contributed by atoms with Crippen molar-refractivity contribution in [2.75, 3.05) is 18.6 Å². The fourth-order valence-corrected chi connectivity index (χ4v) is 2.95. The Labute approximate surface area is 125 Å². The molecule has 0 saturated heterocycles. The third kappa shape index (κ3) is 2.60. The van der Waals surface area contributed by atoms with Gasteiger partial charge in [0.05, 0.1) is 12.3 Å². The molecule has 0 bridgehead atoms. The van der Waals surface area contributed by atoms with Crippen LogP contribution in [0.4, 0.5) is 15.8 Å². The molecule has 0 aromatic heterocycles. The van der Waals surface area contributed by atoms with Crippen LogP contribution in [0.15, 0.2) is 42.5 Å². The van der Waals surface area contributed by atoms with Gasteiger partial charge in [-0.2, -0.15) is 0 Å². The first-order chi connectivity index (χ1) is 10.2. The Morgan fingerprint density at radius 1 is 1.24 bits per heavy atom. The summed E-state index contributed by atoms with van der Waals surface area (Å²) in [5.41, 5.74) is 2.78. The Morgan fingerprint density at radius 3 is 2.81 bits per heavy atom. The normalized spacial score (nSPS) is 17.0. The maximum absolute atomic E-state index is 13.9. The smallest absolute Gasteiger partial charge is 0.146 e. The highest BCUT2D eigenvalue weighted by Gasteiger charge is 2.21. The molecule has 0 N–H and O–H groups in total. The molecule has 1 heterocycles. The number of para-hydroxylation sites is 1. The minimum absolute atomic E-state index is 0.218. The van der Waals surface area contributed by atoms with E-state index in [1.165, 1.54) is 11.6 Å². The van der Waals surface area contributed by atoms with E-state index in [4.69, 9.17) is 4.74 Å². The highest BCUT2D eigenvalue weighted by molar-refractivity contribution is 5.65. The van der Waals surface area contributed by atoms with Gasteiger partial charge in [0.15, 0.2) is 0 Å². The fourth-order valence-electron chi connectivity index (χ4n) is 2.95. The van der Waals surface area contributed by atoms with E-state index in [0.717, 1.165) is 30.9 Å². The molecule has 2 aromatic rings. The average molecular weight is 285 g/mol. The molecule has 0 fully saturated rings. The van der Waals surface area contributed by atoms with Gasteiger partial charge in [0, 0.05) is 18.8 Å². The van der Waals surface area contributed by atoms with Gasteiger partial charge in [0.25, 0.3) is 0 Å². The Hall–Kier alpha value is -2.03. The molecular formula is C18H20FNO. The summed E-state index contributed by atoms with van der Waals surface area (Å²) < 4.78 is 19.7. The molecule has 0 unspecified atom stereocenters. The molecule has 110 valence electrons. The minimum atomic E-state index is -0.218. The van der Waals surface area contributed by atoms with Crippen LogP contribution in [-0.2, 0) is 0 Å². The number of nitrogens with zero attached hydrogens (tertiary/aromatic N) is 1. The summed E-state index contributed by atoms with van der Waals surface area (Å²) in [5.74, 6) is 1.29. The second-order valence-electron chi connectivity index (χ2n) is 5.47. The molecular weight excluding hydrogens is 265 g/mol. The molecule has 0 aliphatic carbocycles. The van der Waals surface area contributed by atoms with Crippen LogP contribution < -0.4 is 9.64 Å². The van der Waals surface area contributed by atoms with Crippen molar-refractivity contribution in [3.8, 4) is 5.75 Å². The summed E-state index contributed by atoms with van der Waals surface area (Å²) >= 11 is 0. The van der Waals surface area contributed by atoms with Crippen LogP contribution in [0.5, 0.6) is 5.75 Å². The molecule has 1 aliphatic heterocycles. The highest BCUT2D eigenvalue weighted by Crippen LogP contribution is 2.39. The predicted octanol–water partition coefficient (Wildman–Crippen LogP) is 4.87. The van der Waals surface area contributed by atoms with Crippen molar-refractivity contribution in [2.24, 2.45) is 0 Å². The van der Waals surface area contributed by atoms with Gasteiger partial charge in [-0.05, 0) is 42.5 Å². The zero-order valence-electron chi connectivity index (χ0n) is 12.5. The number of anilines is 2. The van der Waals surface area contributed by atoms with Crippen molar-refractivity contribution < 1.29 is 9.13 Å². The van der Waals surface area contributed by atoms with Gasteiger partial charge in [0.1, 0.15) is 11.6 Å². The van der Waals surface area contributed by atoms with Crippen LogP contribution in [0.2, 0.25) is 0 Å². The highest BCUT2D eigenvalue weighted by atomic mass is 19.1. The Morgan fingerprint density at radius 2 is 2.05 bits per heavy atom. The van der Waals surface area contributed by atoms with Crippen LogP contribution >= 0.6 is 0 Å². The van der Waals surface area contributed by atoms with E-state index >= 15 is 0 Å². The van der Waals surface area contributed by atoms with Crippen molar-refractivity contribution in [3.05, 3.63) is 53.8 Å². The van der Waals surface area contributed by atoms with Crippen molar-refractivity contribution in [1.82, 2.24) is 0 Å². The van der Waals surface area contributed by atoms with E-state index in [9.17, 15) is 4.39 Å². The third-order valence-electron chi connectivity index (χ3n) is 4.25. The predicted molar refractivity (Wildman–Crippen MR) is 84.0 cm³/mol. The first-order valence-corrected chi connectivity index (χ1v) is 7.45. The molecule has 0 radical (unpaired) electrons. The van der Waals surface area contributed by atoms with E-state index in [-0.39, 0.29) is 5.82 Å². The van der Waals surface area contributed by atoms with Gasteiger partial charge >= 0.3 is 0 Å². The van der Waals surface area contributed by atoms with Crippen molar-refractivity contribution in [1.29, 1.82) is 0 Å². The van der Waals surface area contributed by atoms with E-state index in [0.29, 0.717) is 11.6 Å². The lowest BCUT2D eigenvalue weighted by Gasteiger charge is -2.27. The Bertz CT molecular complexity index is 641. The van der Waals surface area contributed by atoms with Crippen LogP contribution in [0.3, 0.4) is 0 Å². The quantitative estimate of drug-likeness (QED) is 0.797. The maximum atomic E-state index is 13.9. The summed E-state index contributed by atoms with van der Waals surface area (Å²) in [7, 11) is 1.88. The van der Waals surface area contributed by atoms with Crippen LogP contribution in [-0.4, -0.2) is 13.7 Å². The van der Waals surface area contributed by atoms with Crippen molar-refractivity contribution in [3.63, 3.8) is 0 Å². The second kappa shape index (κ2) is 5.76. The first kappa shape index (κ1) is 13.9. The minimum Gasteiger partial charge on any atom is -0.493 e. The lowest BCUT2D eigenvalue weighted by atomic mass is 9.91. The van der Waals surface area contributed by atoms with Crippen molar-refractivity contribution >= 4 is 11.4 Å². The van der Waals surface area contributed by atoms with Gasteiger partial charge in [-0.1, -0.05) is 25.1 Å². The summed E-state index contributed by atoms with van der Waals surface area (Å²) in [6, 6.07) is 13.0. The molecule has 1 aliphatic rings. The Kier molecular flexibility index (Phi) is 3.82. The molecule has 2 nitrogen and oxygen atoms in total. The SMILES string of the molecule is CC[C@@H]1CCOc2cc(N(C)c3ccccc3F)ccc21. The second-order valence-corrected chi connectivity index (χ2v) is 5.47. The van der Waals surface area contributed by atoms with Crippen LogP contribution in [0.1, 0.15) is 31.2 Å². The standard InChI is InChI=1S/C18H20FNO/c1-3-13-10-11-21-18-12-14(8-9-15(13)18)20(2)17-7-5-4-6-16(17)19/h4-9,12-13H,3,10-11H2,1-2H3/t13-/m1/s1. The molecule has 0 amide bonds. The van der Waals surface area contributed by atoms with Crippen molar-refractivity contribution in [2.45, 2.75) is 25.7 Å². The number of hydrogen-bond acceptors (Lipinski definition) is 2. The largest absolute Gasteiger partial charge is 0.493 e. The average Bonchev–Trinajstić information content (AvgIpc) is 2.53. The molecule has 3 rings (SSSR count). The van der Waals surface area contributed by atoms with Crippen LogP contribution in [0, 0.1) is 5.82 Å². The lowest BCUT2D eigenvalue weighted by molar-refractivity contribution is 0.265. The first-order valence-electron chi connectivity index (χ1n) is 7.45. The summed E-state index contributed by atoms with van der Waals surface area (Å²) in [4.78, 5) is 1.86. The number of rotatable bonds is 3. The van der Waals surface area contributed by atoms with Gasteiger partial charge in [-0.15, -0.1) is 0 Å². The summed E-state index contributed by atoms with van der Waals surface area (Å²) in [6.07, 6.45) is 2.20. The number of ether oxygens (including phenoxy) is 1. The number of benzene rings is 2. The number of hydrogen-bond donors (Lipinski definition) is 0. The van der Waals surface area contributed by atoms with E-state index in [1.807, 2.05) is 30.1 Å². The third-order valence-corrected chi connectivity index (χ3v) is 4.25. The molecule has 3 heteroatoms. The summed E-state index contributed by atoms with van der Waals surface area (Å²) in [5, 5.41) is 0. The topological polar surface area (TPSA) is 12.5 Å². The molecule has 2 aromatic carbocycles. The van der Waals surface area contributed by atoms with Gasteiger partial charge in [-0.3, -0.25) is 0 Å². The Balaban J connectivity index is 1.95. The number of fused-ring (bicyclic) bond motifs is 1. The molecule has 0 saturated carbocycles. The lowest BCUT2D eigenvalue weighted by Crippen LogP contribution is -2.16. The van der Waals surface area contributed by atoms with E-state index in [1.54, 1.807) is 12.1 Å². The molecule has 21 heavy (non-hydrogen) atoms. The fraction of sp³-hybridized carbons (Fsp3) is 0.333. The van der Waals surface area contributed by atoms with Gasteiger partial charge in [-0.25, -0.2) is 4.39 Å². The summed E-state index contributed by atoms with van der Waals surface area (Å²) in [6.45, 7) is 2.97. The monoisotopic (exact) mass is 285 g/mol. The van der Waals surface area contributed by atoms with E-state index < -0.39 is 0 Å².